The number of rotatable bonds is 4. The second kappa shape index (κ2) is 6.64. The predicted molar refractivity (Wildman–Crippen MR) is 98.4 cm³/mol. The number of thioether (sulfide) groups is 1. The lowest BCUT2D eigenvalue weighted by atomic mass is 10.3. The van der Waals surface area contributed by atoms with Crippen LogP contribution in [0.5, 0.6) is 0 Å². The van der Waals surface area contributed by atoms with Crippen molar-refractivity contribution in [2.75, 3.05) is 10.7 Å². The van der Waals surface area contributed by atoms with Crippen molar-refractivity contribution in [3.8, 4) is 0 Å². The van der Waals surface area contributed by atoms with Gasteiger partial charge in [0.25, 0.3) is 0 Å². The summed E-state index contributed by atoms with van der Waals surface area (Å²) in [6.45, 7) is 8.55. The lowest BCUT2D eigenvalue weighted by Crippen LogP contribution is -2.29. The molecule has 1 aromatic carbocycles. The summed E-state index contributed by atoms with van der Waals surface area (Å²) in [7, 11) is 0. The average Bonchev–Trinajstić information content (AvgIpc) is 2.80. The molecular formula is C15H21N2OPS2. The summed E-state index contributed by atoms with van der Waals surface area (Å²) in [6.07, 6.45) is -1.89. The zero-order valence-electron chi connectivity index (χ0n) is 12.8. The second-order valence-electron chi connectivity index (χ2n) is 5.60. The summed E-state index contributed by atoms with van der Waals surface area (Å²) in [4.78, 5) is 13.9. The fourth-order valence-corrected chi connectivity index (χ4v) is 5.98. The van der Waals surface area contributed by atoms with Crippen molar-refractivity contribution in [2.24, 2.45) is 4.76 Å². The number of amides is 1. The van der Waals surface area contributed by atoms with Crippen molar-refractivity contribution in [1.82, 2.24) is 0 Å². The van der Waals surface area contributed by atoms with Crippen LogP contribution in [0.1, 0.15) is 27.7 Å². The zero-order chi connectivity index (χ0) is 15.6. The standard InChI is InChI=1S/C15H21N2OPS2/c1-11(2)19(20,12(3)4)16-15-17(14(18)10-21-15)13-8-6-5-7-9-13/h5-9,11-12H,10H2,1-4H3. The topological polar surface area (TPSA) is 32.7 Å². The molecule has 6 heteroatoms. The molecule has 2 rings (SSSR count). The van der Waals surface area contributed by atoms with Gasteiger partial charge in [-0.15, -0.1) is 0 Å². The molecule has 1 aromatic rings. The van der Waals surface area contributed by atoms with Crippen molar-refractivity contribution in [3.05, 3.63) is 30.3 Å². The van der Waals surface area contributed by atoms with Gasteiger partial charge in [0.15, 0.2) is 5.17 Å². The van der Waals surface area contributed by atoms with Crippen LogP contribution in [-0.4, -0.2) is 28.1 Å². The first-order chi connectivity index (χ1) is 9.86. The number of anilines is 1. The summed E-state index contributed by atoms with van der Waals surface area (Å²) in [6, 6.07) is 9.69. The minimum atomic E-state index is -1.89. The van der Waals surface area contributed by atoms with Crippen LogP contribution < -0.4 is 4.90 Å². The molecule has 1 aliphatic rings. The highest BCUT2D eigenvalue weighted by Crippen LogP contribution is 2.57. The monoisotopic (exact) mass is 340 g/mol. The van der Waals surface area contributed by atoms with Gasteiger partial charge in [-0.05, 0) is 12.1 Å². The molecule has 0 bridgehead atoms. The van der Waals surface area contributed by atoms with Gasteiger partial charge in [0.05, 0.1) is 17.6 Å². The van der Waals surface area contributed by atoms with Crippen LogP contribution in [-0.2, 0) is 16.6 Å². The first kappa shape index (κ1) is 16.7. The first-order valence-electron chi connectivity index (χ1n) is 7.06. The molecule has 0 N–H and O–H groups in total. The quantitative estimate of drug-likeness (QED) is 0.765. The normalized spacial score (nSPS) is 18.3. The summed E-state index contributed by atoms with van der Waals surface area (Å²) < 4.78 is 4.93. The molecule has 0 radical (unpaired) electrons. The zero-order valence-corrected chi connectivity index (χ0v) is 15.3. The number of amidine groups is 1. The fraction of sp³-hybridized carbons (Fsp3) is 0.467. The summed E-state index contributed by atoms with van der Waals surface area (Å²) in [5, 5.41) is 0.775. The molecule has 21 heavy (non-hydrogen) atoms. The van der Waals surface area contributed by atoms with E-state index in [0.717, 1.165) is 10.9 Å². The highest BCUT2D eigenvalue weighted by molar-refractivity contribution is 8.18. The number of hydrogen-bond donors (Lipinski definition) is 0. The number of carbonyl (C=O) groups excluding carboxylic acids is 1. The molecule has 3 nitrogen and oxygen atoms in total. The molecule has 1 fully saturated rings. The molecule has 0 atom stereocenters. The van der Waals surface area contributed by atoms with E-state index in [-0.39, 0.29) is 5.91 Å². The molecule has 1 saturated heterocycles. The summed E-state index contributed by atoms with van der Waals surface area (Å²) in [5.74, 6) is 0.526. The van der Waals surface area contributed by atoms with Crippen LogP contribution >= 0.6 is 18.0 Å². The van der Waals surface area contributed by atoms with Crippen molar-refractivity contribution in [2.45, 2.75) is 39.0 Å². The molecule has 114 valence electrons. The molecule has 0 spiro atoms. The Labute approximate surface area is 136 Å². The second-order valence-corrected chi connectivity index (χ2v) is 11.9. The lowest BCUT2D eigenvalue weighted by Gasteiger charge is -2.27. The molecule has 0 aliphatic carbocycles. The Morgan fingerprint density at radius 3 is 2.29 bits per heavy atom. The van der Waals surface area contributed by atoms with Crippen molar-refractivity contribution in [3.63, 3.8) is 0 Å². The van der Waals surface area contributed by atoms with E-state index >= 15 is 0 Å². The molecule has 0 saturated carbocycles. The van der Waals surface area contributed by atoms with Crippen molar-refractivity contribution < 1.29 is 4.79 Å². The van der Waals surface area contributed by atoms with E-state index in [2.05, 4.69) is 27.7 Å². The van der Waals surface area contributed by atoms with Gasteiger partial charge in [-0.3, -0.25) is 9.69 Å². The molecule has 0 unspecified atom stereocenters. The smallest absolute Gasteiger partial charge is 0.243 e. The Balaban J connectivity index is 2.45. The van der Waals surface area contributed by atoms with Crippen LogP contribution in [0.4, 0.5) is 5.69 Å². The minimum absolute atomic E-state index is 0.0824. The van der Waals surface area contributed by atoms with E-state index in [1.807, 2.05) is 30.3 Å². The average molecular weight is 340 g/mol. The highest BCUT2D eigenvalue weighted by Gasteiger charge is 2.33. The third-order valence-corrected chi connectivity index (χ3v) is 10.8. The van der Waals surface area contributed by atoms with Crippen LogP contribution in [0, 0.1) is 0 Å². The molecule has 1 amide bonds. The van der Waals surface area contributed by atoms with Gasteiger partial charge in [0.2, 0.25) is 5.91 Å². The largest absolute Gasteiger partial charge is 0.273 e. The highest BCUT2D eigenvalue weighted by atomic mass is 32.4. The Morgan fingerprint density at radius 1 is 1.19 bits per heavy atom. The Morgan fingerprint density at radius 2 is 1.76 bits per heavy atom. The maximum atomic E-state index is 12.2. The van der Waals surface area contributed by atoms with E-state index < -0.39 is 6.19 Å². The van der Waals surface area contributed by atoms with Crippen LogP contribution in [0.2, 0.25) is 0 Å². The van der Waals surface area contributed by atoms with Gasteiger partial charge in [-0.1, -0.05) is 69.5 Å². The number of benzene rings is 1. The Hall–Kier alpha value is -0.640. The lowest BCUT2D eigenvalue weighted by molar-refractivity contribution is -0.115. The van der Waals surface area contributed by atoms with Gasteiger partial charge >= 0.3 is 0 Å². The number of nitrogens with zero attached hydrogens (tertiary/aromatic N) is 2. The third-order valence-electron chi connectivity index (χ3n) is 3.50. The number of para-hydroxylation sites is 1. The van der Waals surface area contributed by atoms with Crippen LogP contribution in [0.25, 0.3) is 0 Å². The van der Waals surface area contributed by atoms with Gasteiger partial charge in [-0.2, -0.15) is 0 Å². The Bertz CT molecular complexity index is 587. The number of hydrogen-bond acceptors (Lipinski definition) is 3. The SMILES string of the molecule is CC(C)P(=S)(N=C1SCC(=O)N1c1ccccc1)C(C)C. The van der Waals surface area contributed by atoms with E-state index in [9.17, 15) is 4.79 Å². The number of carbonyl (C=O) groups is 1. The van der Waals surface area contributed by atoms with Gasteiger partial charge in [0.1, 0.15) is 0 Å². The molecule has 1 aliphatic heterocycles. The van der Waals surface area contributed by atoms with Gasteiger partial charge in [-0.25, -0.2) is 4.76 Å². The summed E-state index contributed by atoms with van der Waals surface area (Å²) >= 11 is 7.40. The minimum Gasteiger partial charge on any atom is -0.273 e. The van der Waals surface area contributed by atoms with Gasteiger partial charge in [0, 0.05) is 11.3 Å². The summed E-state index contributed by atoms with van der Waals surface area (Å²) in [5.41, 5.74) is 1.56. The van der Waals surface area contributed by atoms with Crippen LogP contribution in [0.15, 0.2) is 35.1 Å². The maximum Gasteiger partial charge on any atom is 0.243 e. The third kappa shape index (κ3) is 3.41. The van der Waals surface area contributed by atoms with E-state index in [0.29, 0.717) is 17.1 Å². The molecule has 1 heterocycles. The molecular weight excluding hydrogens is 319 g/mol. The Kier molecular flexibility index (Phi) is 5.29. The van der Waals surface area contributed by atoms with Crippen molar-refractivity contribution in [1.29, 1.82) is 0 Å². The fourth-order valence-electron chi connectivity index (χ4n) is 2.23. The van der Waals surface area contributed by atoms with E-state index in [4.69, 9.17) is 16.6 Å². The first-order valence-corrected chi connectivity index (χ1v) is 10.9. The maximum absolute atomic E-state index is 12.2. The van der Waals surface area contributed by atoms with Crippen molar-refractivity contribution >= 4 is 46.5 Å². The van der Waals surface area contributed by atoms with Crippen LogP contribution in [0.3, 0.4) is 0 Å². The van der Waals surface area contributed by atoms with E-state index in [1.54, 1.807) is 4.90 Å². The van der Waals surface area contributed by atoms with Gasteiger partial charge < -0.3 is 0 Å². The molecule has 0 aromatic heterocycles. The van der Waals surface area contributed by atoms with E-state index in [1.165, 1.54) is 11.8 Å². The predicted octanol–water partition coefficient (Wildman–Crippen LogP) is 4.33.